The number of amides is 1. The third-order valence-electron chi connectivity index (χ3n) is 7.58. The van der Waals surface area contributed by atoms with E-state index < -0.39 is 18.0 Å². The molecule has 2 aliphatic carbocycles. The quantitative estimate of drug-likeness (QED) is 0.329. The van der Waals surface area contributed by atoms with Crippen LogP contribution in [0.3, 0.4) is 0 Å². The van der Waals surface area contributed by atoms with Gasteiger partial charge in [0.2, 0.25) is 0 Å². The van der Waals surface area contributed by atoms with Crippen molar-refractivity contribution in [1.29, 1.82) is 0 Å². The summed E-state index contributed by atoms with van der Waals surface area (Å²) in [6.45, 7) is 3.69. The lowest BCUT2D eigenvalue weighted by molar-refractivity contribution is -0.873. The highest BCUT2D eigenvalue weighted by Gasteiger charge is 2.30. The first-order chi connectivity index (χ1) is 19.3. The molecule has 0 saturated heterocycles. The molecule has 4 rings (SSSR count). The molecular weight excluding hydrogens is 526 g/mol. The Balaban J connectivity index is 1.40. The van der Waals surface area contributed by atoms with E-state index in [9.17, 15) is 19.2 Å². The smallest absolute Gasteiger partial charge is 0.310 e. The van der Waals surface area contributed by atoms with Gasteiger partial charge in [-0.05, 0) is 63.6 Å². The van der Waals surface area contributed by atoms with E-state index >= 15 is 0 Å². The normalized spacial score (nSPS) is 19.7. The standard InChI is InChI=1S/C30H41N5O6/c1-18-29-26(7-6-8-27(29)37)34(33-18)21-11-14-24(30(31)39)25(15-21)32-20-9-12-22(13-10-20)41-28(38)16-23(40-19(2)36)17-35(3,4)5/h11,14-15,20,22-23H,6-10,12-13,16-17H2,1-5H3,(H2-,31,32,39)/p+1. The fraction of sp³-hybridized carbons (Fsp3) is 0.567. The second kappa shape index (κ2) is 12.4. The van der Waals surface area contributed by atoms with Gasteiger partial charge in [0.1, 0.15) is 12.6 Å². The van der Waals surface area contributed by atoms with E-state index in [1.807, 2.05) is 34.1 Å². The number of benzene rings is 1. The first kappa shape index (κ1) is 30.2. The third kappa shape index (κ3) is 7.72. The molecule has 41 heavy (non-hydrogen) atoms. The number of likely N-dealkylation sites (N-methyl/N-ethyl adjacent to an activating group) is 1. The van der Waals surface area contributed by atoms with Crippen LogP contribution in [0.25, 0.3) is 5.69 Å². The molecule has 222 valence electrons. The molecule has 0 bridgehead atoms. The minimum atomic E-state index is -0.542. The minimum Gasteiger partial charge on any atom is -0.462 e. The average Bonchev–Trinajstić information content (AvgIpc) is 3.21. The molecule has 1 fully saturated rings. The highest BCUT2D eigenvalue weighted by atomic mass is 16.6. The summed E-state index contributed by atoms with van der Waals surface area (Å²) in [6, 6.07) is 5.41. The van der Waals surface area contributed by atoms with E-state index in [-0.39, 0.29) is 30.3 Å². The van der Waals surface area contributed by atoms with Crippen LogP contribution < -0.4 is 11.1 Å². The van der Waals surface area contributed by atoms with Gasteiger partial charge in [0.05, 0.1) is 55.8 Å². The van der Waals surface area contributed by atoms with Crippen LogP contribution in [0.15, 0.2) is 18.2 Å². The molecule has 1 atom stereocenters. The fourth-order valence-corrected chi connectivity index (χ4v) is 5.88. The monoisotopic (exact) mass is 568 g/mol. The van der Waals surface area contributed by atoms with Crippen molar-refractivity contribution in [3.05, 3.63) is 40.7 Å². The van der Waals surface area contributed by atoms with Crippen LogP contribution >= 0.6 is 0 Å². The zero-order valence-electron chi connectivity index (χ0n) is 24.7. The molecule has 0 radical (unpaired) electrons. The summed E-state index contributed by atoms with van der Waals surface area (Å²) in [6.07, 6.45) is 4.14. The lowest BCUT2D eigenvalue weighted by Crippen LogP contribution is -2.44. The molecule has 1 heterocycles. The lowest BCUT2D eigenvalue weighted by atomic mass is 9.92. The van der Waals surface area contributed by atoms with Gasteiger partial charge >= 0.3 is 11.9 Å². The Morgan fingerprint density at radius 1 is 1.15 bits per heavy atom. The number of anilines is 1. The summed E-state index contributed by atoms with van der Waals surface area (Å²) >= 11 is 0. The van der Waals surface area contributed by atoms with Gasteiger partial charge in [-0.1, -0.05) is 0 Å². The minimum absolute atomic E-state index is 0.0181. The van der Waals surface area contributed by atoms with Gasteiger partial charge in [-0.2, -0.15) is 5.10 Å². The van der Waals surface area contributed by atoms with E-state index in [0.29, 0.717) is 52.8 Å². The van der Waals surface area contributed by atoms with Crippen molar-refractivity contribution >= 4 is 29.3 Å². The van der Waals surface area contributed by atoms with Crippen molar-refractivity contribution in [1.82, 2.24) is 9.78 Å². The van der Waals surface area contributed by atoms with Crippen LogP contribution in [0.2, 0.25) is 0 Å². The van der Waals surface area contributed by atoms with E-state index in [1.165, 1.54) is 6.92 Å². The van der Waals surface area contributed by atoms with Gasteiger partial charge < -0.3 is 25.0 Å². The Morgan fingerprint density at radius 2 is 1.85 bits per heavy atom. The molecule has 1 unspecified atom stereocenters. The highest BCUT2D eigenvalue weighted by molar-refractivity contribution is 6.00. The predicted molar refractivity (Wildman–Crippen MR) is 153 cm³/mol. The molecule has 0 aliphatic heterocycles. The maximum absolute atomic E-state index is 12.7. The molecule has 1 aromatic heterocycles. The molecule has 2 aromatic rings. The van der Waals surface area contributed by atoms with Crippen LogP contribution in [0.5, 0.6) is 0 Å². The predicted octanol–water partition coefficient (Wildman–Crippen LogP) is 3.09. The number of fused-ring (bicyclic) bond motifs is 1. The van der Waals surface area contributed by atoms with E-state index in [2.05, 4.69) is 10.4 Å². The van der Waals surface area contributed by atoms with Crippen molar-refractivity contribution in [3.8, 4) is 5.69 Å². The van der Waals surface area contributed by atoms with Crippen molar-refractivity contribution in [2.75, 3.05) is 33.0 Å². The summed E-state index contributed by atoms with van der Waals surface area (Å²) in [5.41, 5.74) is 9.76. The number of nitrogens with zero attached hydrogens (tertiary/aromatic N) is 3. The van der Waals surface area contributed by atoms with Gasteiger partial charge in [-0.3, -0.25) is 19.2 Å². The Bertz CT molecular complexity index is 1320. The van der Waals surface area contributed by atoms with Gasteiger partial charge in [-0.15, -0.1) is 0 Å². The Morgan fingerprint density at radius 3 is 2.49 bits per heavy atom. The summed E-state index contributed by atoms with van der Waals surface area (Å²) in [4.78, 5) is 48.9. The zero-order chi connectivity index (χ0) is 29.9. The Labute approximate surface area is 240 Å². The maximum Gasteiger partial charge on any atom is 0.310 e. The average molecular weight is 569 g/mol. The second-order valence-electron chi connectivity index (χ2n) is 12.2. The maximum atomic E-state index is 12.7. The number of quaternary nitrogens is 1. The number of esters is 2. The molecule has 11 heteroatoms. The SMILES string of the molecule is CC(=O)OC(CC(=O)OC1CCC(Nc2cc(-n3nc(C)c4c3CCCC4=O)ccc2C(N)=O)CC1)C[N+](C)(C)C. The van der Waals surface area contributed by atoms with Gasteiger partial charge in [0, 0.05) is 25.1 Å². The largest absolute Gasteiger partial charge is 0.462 e. The van der Waals surface area contributed by atoms with E-state index in [1.54, 1.807) is 16.8 Å². The molecule has 0 spiro atoms. The number of nitrogens with two attached hydrogens (primary N) is 1. The number of hydrogen-bond acceptors (Lipinski definition) is 8. The number of aryl methyl sites for hydroxylation is 1. The number of primary amides is 1. The molecule has 1 saturated carbocycles. The van der Waals surface area contributed by atoms with Gasteiger partial charge in [-0.25, -0.2) is 4.68 Å². The summed E-state index contributed by atoms with van der Waals surface area (Å²) < 4.78 is 13.4. The molecule has 1 amide bonds. The fourth-order valence-electron chi connectivity index (χ4n) is 5.88. The van der Waals surface area contributed by atoms with Gasteiger partial charge in [0.15, 0.2) is 11.9 Å². The number of aromatic nitrogens is 2. The highest BCUT2D eigenvalue weighted by Crippen LogP contribution is 2.30. The van der Waals surface area contributed by atoms with Crippen LogP contribution in [0.1, 0.15) is 84.0 Å². The number of rotatable bonds is 10. The first-order valence-corrected chi connectivity index (χ1v) is 14.3. The van der Waals surface area contributed by atoms with Gasteiger partial charge in [0.25, 0.3) is 5.91 Å². The van der Waals surface area contributed by atoms with Crippen LogP contribution in [0, 0.1) is 6.92 Å². The lowest BCUT2D eigenvalue weighted by Gasteiger charge is -2.31. The number of carbonyl (C=O) groups is 4. The number of hydrogen-bond donors (Lipinski definition) is 2. The van der Waals surface area contributed by atoms with Crippen molar-refractivity contribution in [2.45, 2.75) is 83.5 Å². The summed E-state index contributed by atoms with van der Waals surface area (Å²) in [5, 5.41) is 8.12. The molecular formula is C30H42N5O6+. The van der Waals surface area contributed by atoms with E-state index in [0.717, 1.165) is 37.1 Å². The Hall–Kier alpha value is -3.73. The second-order valence-corrected chi connectivity index (χ2v) is 12.2. The number of Topliss-reactive ketones (excluding diaryl/α,β-unsaturated/α-hetero) is 1. The van der Waals surface area contributed by atoms with Crippen LogP contribution in [-0.2, 0) is 25.5 Å². The topological polar surface area (TPSA) is 143 Å². The number of ketones is 1. The molecule has 11 nitrogen and oxygen atoms in total. The number of ether oxygens (including phenoxy) is 2. The molecule has 1 aromatic carbocycles. The first-order valence-electron chi connectivity index (χ1n) is 14.3. The van der Waals surface area contributed by atoms with Crippen LogP contribution in [0.4, 0.5) is 5.69 Å². The Kier molecular flexibility index (Phi) is 9.16. The number of nitrogens with one attached hydrogen (secondary N) is 1. The molecule has 2 aliphatic rings. The van der Waals surface area contributed by atoms with Crippen molar-refractivity contribution < 1.29 is 33.1 Å². The third-order valence-corrected chi connectivity index (χ3v) is 7.58. The molecule has 3 N–H and O–H groups in total. The summed E-state index contributed by atoms with van der Waals surface area (Å²) in [5.74, 6) is -1.21. The van der Waals surface area contributed by atoms with Crippen molar-refractivity contribution in [2.24, 2.45) is 5.73 Å². The van der Waals surface area contributed by atoms with E-state index in [4.69, 9.17) is 15.2 Å². The van der Waals surface area contributed by atoms with Crippen LogP contribution in [-0.4, -0.2) is 83.8 Å². The number of carbonyl (C=O) groups excluding carboxylic acids is 4. The van der Waals surface area contributed by atoms with Crippen molar-refractivity contribution in [3.63, 3.8) is 0 Å². The summed E-state index contributed by atoms with van der Waals surface area (Å²) in [7, 11) is 5.92. The zero-order valence-corrected chi connectivity index (χ0v) is 24.7.